The van der Waals surface area contributed by atoms with Crippen LogP contribution in [0.2, 0.25) is 0 Å². The first-order chi connectivity index (χ1) is 11.7. The van der Waals surface area contributed by atoms with E-state index in [1.54, 1.807) is 28.4 Å². The van der Waals surface area contributed by atoms with E-state index < -0.39 is 5.82 Å². The highest BCUT2D eigenvalue weighted by Crippen LogP contribution is 2.28. The highest BCUT2D eigenvalue weighted by molar-refractivity contribution is 7.08. The average molecular weight is 344 g/mol. The minimum Gasteiger partial charge on any atom is -0.339 e. The lowest BCUT2D eigenvalue weighted by Gasteiger charge is -2.36. The van der Waals surface area contributed by atoms with Gasteiger partial charge in [-0.1, -0.05) is 17.3 Å². The molecule has 1 saturated heterocycles. The zero-order chi connectivity index (χ0) is 16.5. The van der Waals surface area contributed by atoms with E-state index in [0.717, 1.165) is 5.56 Å². The zero-order valence-corrected chi connectivity index (χ0v) is 13.3. The molecular formula is C16H13FN4O2S. The molecule has 24 heavy (non-hydrogen) atoms. The number of amides is 2. The van der Waals surface area contributed by atoms with Crippen molar-refractivity contribution in [3.8, 4) is 11.4 Å². The molecule has 0 spiro atoms. The summed E-state index contributed by atoms with van der Waals surface area (Å²) in [5.74, 6) is 0.628. The van der Waals surface area contributed by atoms with E-state index in [2.05, 4.69) is 15.5 Å². The molecule has 8 heteroatoms. The third kappa shape index (κ3) is 2.76. The molecule has 1 aromatic carbocycles. The van der Waals surface area contributed by atoms with Gasteiger partial charge < -0.3 is 14.7 Å². The van der Waals surface area contributed by atoms with E-state index >= 15 is 0 Å². The number of para-hydroxylation sites is 1. The molecule has 0 radical (unpaired) electrons. The molecule has 1 N–H and O–H groups in total. The van der Waals surface area contributed by atoms with Crippen molar-refractivity contribution in [1.82, 2.24) is 15.0 Å². The maximum atomic E-state index is 13.5. The van der Waals surface area contributed by atoms with Gasteiger partial charge in [-0.15, -0.1) is 0 Å². The fourth-order valence-electron chi connectivity index (χ4n) is 2.47. The van der Waals surface area contributed by atoms with Crippen molar-refractivity contribution in [2.45, 2.75) is 5.92 Å². The number of nitrogens with one attached hydrogen (secondary N) is 1. The van der Waals surface area contributed by atoms with Gasteiger partial charge in [-0.2, -0.15) is 16.3 Å². The van der Waals surface area contributed by atoms with Crippen LogP contribution in [0.4, 0.5) is 14.9 Å². The summed E-state index contributed by atoms with van der Waals surface area (Å²) in [6, 6.07) is 7.66. The van der Waals surface area contributed by atoms with Gasteiger partial charge in [-0.25, -0.2) is 9.18 Å². The predicted octanol–water partition coefficient (Wildman–Crippen LogP) is 3.57. The summed E-state index contributed by atoms with van der Waals surface area (Å²) >= 11 is 1.56. The molecule has 0 saturated carbocycles. The van der Waals surface area contributed by atoms with Crippen molar-refractivity contribution in [3.05, 3.63) is 52.8 Å². The lowest BCUT2D eigenvalue weighted by molar-refractivity contribution is 0.147. The summed E-state index contributed by atoms with van der Waals surface area (Å²) in [4.78, 5) is 18.1. The topological polar surface area (TPSA) is 71.3 Å². The van der Waals surface area contributed by atoms with Crippen LogP contribution in [-0.4, -0.2) is 34.2 Å². The largest absolute Gasteiger partial charge is 0.339 e. The first-order valence-electron chi connectivity index (χ1n) is 7.37. The fraction of sp³-hybridized carbons (Fsp3) is 0.188. The number of nitrogens with zero attached hydrogens (tertiary/aromatic N) is 3. The molecule has 3 aromatic rings. The molecule has 122 valence electrons. The Morgan fingerprint density at radius 2 is 2.17 bits per heavy atom. The Hall–Kier alpha value is -2.74. The van der Waals surface area contributed by atoms with Crippen molar-refractivity contribution in [1.29, 1.82) is 0 Å². The lowest BCUT2D eigenvalue weighted by atomic mass is 10.0. The summed E-state index contributed by atoms with van der Waals surface area (Å²) < 4.78 is 18.8. The monoisotopic (exact) mass is 344 g/mol. The van der Waals surface area contributed by atoms with E-state index in [0.29, 0.717) is 24.8 Å². The van der Waals surface area contributed by atoms with Gasteiger partial charge in [0.05, 0.1) is 11.6 Å². The summed E-state index contributed by atoms with van der Waals surface area (Å²) in [5, 5.41) is 10.4. The standard InChI is InChI=1S/C16H13FN4O2S/c17-12-3-1-2-4-13(12)18-16(22)21-7-11(8-21)15-19-14(20-23-15)10-5-6-24-9-10/h1-6,9,11H,7-8H2,(H,18,22). The Labute approximate surface area is 140 Å². The van der Waals surface area contributed by atoms with Crippen LogP contribution in [-0.2, 0) is 0 Å². The maximum absolute atomic E-state index is 13.5. The smallest absolute Gasteiger partial charge is 0.321 e. The second-order valence-electron chi connectivity index (χ2n) is 5.48. The number of halogens is 1. The first-order valence-corrected chi connectivity index (χ1v) is 8.31. The second-order valence-corrected chi connectivity index (χ2v) is 6.26. The number of anilines is 1. The first kappa shape index (κ1) is 14.8. The van der Waals surface area contributed by atoms with Crippen LogP contribution in [0.15, 0.2) is 45.6 Å². The fourth-order valence-corrected chi connectivity index (χ4v) is 3.10. The van der Waals surface area contributed by atoms with Crippen LogP contribution in [0.5, 0.6) is 0 Å². The minimum absolute atomic E-state index is 0.0104. The van der Waals surface area contributed by atoms with Crippen molar-refractivity contribution < 1.29 is 13.7 Å². The molecular weight excluding hydrogens is 331 g/mol. The van der Waals surface area contributed by atoms with Crippen molar-refractivity contribution >= 4 is 23.1 Å². The molecule has 1 aliphatic heterocycles. The van der Waals surface area contributed by atoms with E-state index in [1.807, 2.05) is 16.8 Å². The van der Waals surface area contributed by atoms with Gasteiger partial charge in [-0.05, 0) is 23.6 Å². The van der Waals surface area contributed by atoms with Gasteiger partial charge in [0.1, 0.15) is 5.82 Å². The number of urea groups is 1. The Bertz CT molecular complexity index is 859. The van der Waals surface area contributed by atoms with E-state index in [9.17, 15) is 9.18 Å². The Morgan fingerprint density at radius 3 is 2.92 bits per heavy atom. The van der Waals surface area contributed by atoms with Crippen LogP contribution >= 0.6 is 11.3 Å². The molecule has 2 amide bonds. The highest BCUT2D eigenvalue weighted by Gasteiger charge is 2.36. The Balaban J connectivity index is 1.36. The van der Waals surface area contributed by atoms with Gasteiger partial charge >= 0.3 is 6.03 Å². The third-order valence-corrected chi connectivity index (χ3v) is 4.54. The number of rotatable bonds is 3. The summed E-state index contributed by atoms with van der Waals surface area (Å²) in [7, 11) is 0. The number of carbonyl (C=O) groups excluding carboxylic acids is 1. The van der Waals surface area contributed by atoms with Crippen LogP contribution in [0.3, 0.4) is 0 Å². The number of benzene rings is 1. The molecule has 2 aromatic heterocycles. The average Bonchev–Trinajstić information content (AvgIpc) is 3.19. The highest BCUT2D eigenvalue weighted by atomic mass is 32.1. The summed E-state index contributed by atoms with van der Waals surface area (Å²) in [6.45, 7) is 0.928. The third-order valence-electron chi connectivity index (χ3n) is 3.85. The molecule has 0 unspecified atom stereocenters. The number of thiophene rings is 1. The minimum atomic E-state index is -0.458. The van der Waals surface area contributed by atoms with E-state index in [1.165, 1.54) is 12.1 Å². The molecule has 0 bridgehead atoms. The summed E-state index contributed by atoms with van der Waals surface area (Å²) in [5.41, 5.74) is 1.09. The molecule has 3 heterocycles. The number of aromatic nitrogens is 2. The molecule has 1 fully saturated rings. The van der Waals surface area contributed by atoms with Crippen LogP contribution in [0.1, 0.15) is 11.8 Å². The normalized spacial score (nSPS) is 14.5. The van der Waals surface area contributed by atoms with Crippen molar-refractivity contribution in [2.24, 2.45) is 0 Å². The van der Waals surface area contributed by atoms with Crippen LogP contribution in [0, 0.1) is 5.82 Å². The summed E-state index contributed by atoms with van der Waals surface area (Å²) in [6.07, 6.45) is 0. The van der Waals surface area contributed by atoms with Gasteiger partial charge in [0.2, 0.25) is 11.7 Å². The molecule has 6 nitrogen and oxygen atoms in total. The molecule has 1 aliphatic rings. The number of hydrogen-bond acceptors (Lipinski definition) is 5. The Morgan fingerprint density at radius 1 is 1.33 bits per heavy atom. The van der Waals surface area contributed by atoms with Gasteiger partial charge in [0.15, 0.2) is 0 Å². The van der Waals surface area contributed by atoms with E-state index in [-0.39, 0.29) is 17.6 Å². The number of likely N-dealkylation sites (tertiary alicyclic amines) is 1. The number of carbonyl (C=O) groups is 1. The molecule has 0 aliphatic carbocycles. The van der Waals surface area contributed by atoms with Gasteiger partial charge in [0, 0.05) is 24.0 Å². The van der Waals surface area contributed by atoms with Gasteiger partial charge in [0.25, 0.3) is 0 Å². The predicted molar refractivity (Wildman–Crippen MR) is 87.3 cm³/mol. The van der Waals surface area contributed by atoms with Crippen molar-refractivity contribution in [2.75, 3.05) is 18.4 Å². The zero-order valence-electron chi connectivity index (χ0n) is 12.5. The Kier molecular flexibility index (Phi) is 3.73. The van der Waals surface area contributed by atoms with Gasteiger partial charge in [-0.3, -0.25) is 0 Å². The maximum Gasteiger partial charge on any atom is 0.321 e. The quantitative estimate of drug-likeness (QED) is 0.788. The van der Waals surface area contributed by atoms with Crippen molar-refractivity contribution in [3.63, 3.8) is 0 Å². The molecule has 4 rings (SSSR count). The van der Waals surface area contributed by atoms with E-state index in [4.69, 9.17) is 4.52 Å². The lowest BCUT2D eigenvalue weighted by Crippen LogP contribution is -2.50. The SMILES string of the molecule is O=C(Nc1ccccc1F)N1CC(c2nc(-c3ccsc3)no2)C1. The second kappa shape index (κ2) is 6.04. The van der Waals surface area contributed by atoms with Crippen LogP contribution in [0.25, 0.3) is 11.4 Å². The number of hydrogen-bond donors (Lipinski definition) is 1. The van der Waals surface area contributed by atoms with Crippen LogP contribution < -0.4 is 5.32 Å². The molecule has 0 atom stereocenters.